The lowest BCUT2D eigenvalue weighted by Gasteiger charge is -2.14. The molecule has 4 nitrogen and oxygen atoms in total. The van der Waals surface area contributed by atoms with Gasteiger partial charge in [-0.05, 0) is 37.5 Å². The van der Waals surface area contributed by atoms with Crippen LogP contribution >= 0.6 is 11.6 Å². The van der Waals surface area contributed by atoms with Crippen molar-refractivity contribution in [2.75, 3.05) is 18.5 Å². The van der Waals surface area contributed by atoms with Gasteiger partial charge in [-0.25, -0.2) is 0 Å². The molecule has 0 saturated heterocycles. The quantitative estimate of drug-likeness (QED) is 0.843. The predicted molar refractivity (Wildman–Crippen MR) is 76.6 cm³/mol. The maximum absolute atomic E-state index is 12.0. The van der Waals surface area contributed by atoms with E-state index in [4.69, 9.17) is 22.1 Å². The molecule has 0 heterocycles. The number of hydrogen-bond acceptors (Lipinski definition) is 3. The summed E-state index contributed by atoms with van der Waals surface area (Å²) in [4.78, 5) is 12.0. The summed E-state index contributed by atoms with van der Waals surface area (Å²) in [5, 5.41) is 3.36. The van der Waals surface area contributed by atoms with Gasteiger partial charge in [0.25, 0.3) is 0 Å². The highest BCUT2D eigenvalue weighted by atomic mass is 35.5. The van der Waals surface area contributed by atoms with Gasteiger partial charge >= 0.3 is 0 Å². The molecular weight excluding hydrogens is 264 g/mol. The minimum Gasteiger partial charge on any atom is -0.492 e. The number of carbonyl (C=O) groups excluding carboxylic acids is 1. The molecule has 0 spiro atoms. The molecule has 0 bridgehead atoms. The maximum atomic E-state index is 12.0. The molecule has 0 atom stereocenters. The molecule has 1 fully saturated rings. The van der Waals surface area contributed by atoms with Crippen LogP contribution in [0.3, 0.4) is 0 Å². The van der Waals surface area contributed by atoms with Crippen LogP contribution in [-0.4, -0.2) is 19.1 Å². The van der Waals surface area contributed by atoms with E-state index in [2.05, 4.69) is 5.32 Å². The van der Waals surface area contributed by atoms with Gasteiger partial charge in [0.15, 0.2) is 0 Å². The average molecular weight is 283 g/mol. The zero-order valence-corrected chi connectivity index (χ0v) is 11.8. The second-order valence-electron chi connectivity index (χ2n) is 4.93. The molecule has 19 heavy (non-hydrogen) atoms. The summed E-state index contributed by atoms with van der Waals surface area (Å²) in [6.07, 6.45) is 2.65. The Bertz CT molecular complexity index is 473. The molecule has 0 aromatic heterocycles. The highest BCUT2D eigenvalue weighted by Gasteiger charge is 2.48. The Balaban J connectivity index is 2.02. The molecular formula is C14H19ClN2O2. The van der Waals surface area contributed by atoms with Crippen molar-refractivity contribution in [1.29, 1.82) is 0 Å². The molecule has 1 aromatic carbocycles. The number of anilines is 1. The summed E-state index contributed by atoms with van der Waals surface area (Å²) in [5.41, 5.74) is 5.95. The number of nitrogens with two attached hydrogens (primary N) is 1. The first-order valence-electron chi connectivity index (χ1n) is 6.55. The molecule has 1 saturated carbocycles. The lowest BCUT2D eigenvalue weighted by molar-refractivity contribution is -0.120. The van der Waals surface area contributed by atoms with Gasteiger partial charge in [-0.15, -0.1) is 0 Å². The fourth-order valence-electron chi connectivity index (χ4n) is 1.85. The van der Waals surface area contributed by atoms with E-state index in [0.29, 0.717) is 29.6 Å². The lowest BCUT2D eigenvalue weighted by Crippen LogP contribution is -2.30. The third kappa shape index (κ3) is 3.19. The Morgan fingerprint density at radius 1 is 1.53 bits per heavy atom. The minimum absolute atomic E-state index is 0.0201. The van der Waals surface area contributed by atoms with Crippen molar-refractivity contribution >= 4 is 23.2 Å². The van der Waals surface area contributed by atoms with Crippen molar-refractivity contribution < 1.29 is 9.53 Å². The van der Waals surface area contributed by atoms with Crippen LogP contribution in [0.15, 0.2) is 18.2 Å². The summed E-state index contributed by atoms with van der Waals surface area (Å²) in [6.45, 7) is 3.05. The van der Waals surface area contributed by atoms with E-state index < -0.39 is 0 Å². The van der Waals surface area contributed by atoms with E-state index in [1.54, 1.807) is 18.2 Å². The number of ether oxygens (including phenoxy) is 1. The Morgan fingerprint density at radius 2 is 2.26 bits per heavy atom. The zero-order chi connectivity index (χ0) is 13.9. The number of hydrogen-bond donors (Lipinski definition) is 2. The summed E-state index contributed by atoms with van der Waals surface area (Å²) >= 11 is 6.11. The SMILES string of the molecule is CCCOc1ccc(NC(=O)C2(CN)CC2)cc1Cl. The Morgan fingerprint density at radius 3 is 2.79 bits per heavy atom. The summed E-state index contributed by atoms with van der Waals surface area (Å²) in [5.74, 6) is 0.620. The molecule has 1 aromatic rings. The van der Waals surface area contributed by atoms with E-state index in [1.165, 1.54) is 0 Å². The molecule has 1 aliphatic rings. The van der Waals surface area contributed by atoms with Crippen molar-refractivity contribution in [3.63, 3.8) is 0 Å². The van der Waals surface area contributed by atoms with Crippen LogP contribution in [0.25, 0.3) is 0 Å². The number of benzene rings is 1. The first-order chi connectivity index (χ1) is 9.11. The number of rotatable bonds is 6. The van der Waals surface area contributed by atoms with Crippen molar-refractivity contribution in [3.05, 3.63) is 23.2 Å². The molecule has 104 valence electrons. The van der Waals surface area contributed by atoms with E-state index in [9.17, 15) is 4.79 Å². The molecule has 1 amide bonds. The van der Waals surface area contributed by atoms with Gasteiger partial charge in [0.1, 0.15) is 5.75 Å². The van der Waals surface area contributed by atoms with E-state index in [-0.39, 0.29) is 11.3 Å². The molecule has 2 rings (SSSR count). The predicted octanol–water partition coefficient (Wildman–Crippen LogP) is 2.81. The molecule has 0 aliphatic heterocycles. The third-order valence-corrected chi connectivity index (χ3v) is 3.67. The normalized spacial score (nSPS) is 15.9. The van der Waals surface area contributed by atoms with Crippen molar-refractivity contribution in [2.24, 2.45) is 11.1 Å². The van der Waals surface area contributed by atoms with E-state index in [1.807, 2.05) is 6.92 Å². The van der Waals surface area contributed by atoms with Crippen LogP contribution in [0.4, 0.5) is 5.69 Å². The Hall–Kier alpha value is -1.26. The first-order valence-corrected chi connectivity index (χ1v) is 6.93. The molecule has 0 radical (unpaired) electrons. The van der Waals surface area contributed by atoms with Gasteiger partial charge in [-0.2, -0.15) is 0 Å². The highest BCUT2D eigenvalue weighted by Crippen LogP contribution is 2.45. The Kier molecular flexibility index (Phi) is 4.32. The van der Waals surface area contributed by atoms with Crippen LogP contribution in [0.5, 0.6) is 5.75 Å². The Labute approximate surface area is 118 Å². The van der Waals surface area contributed by atoms with Crippen LogP contribution < -0.4 is 15.8 Å². The fourth-order valence-corrected chi connectivity index (χ4v) is 2.08. The number of halogens is 1. The standard InChI is InChI=1S/C14H19ClN2O2/c1-2-7-19-12-4-3-10(8-11(12)15)17-13(18)14(9-16)5-6-14/h3-4,8H,2,5-7,9,16H2,1H3,(H,17,18). The number of carbonyl (C=O) groups is 1. The largest absolute Gasteiger partial charge is 0.492 e. The van der Waals surface area contributed by atoms with Crippen LogP contribution in [0.1, 0.15) is 26.2 Å². The summed E-state index contributed by atoms with van der Waals surface area (Å²) in [6, 6.07) is 5.27. The van der Waals surface area contributed by atoms with E-state index >= 15 is 0 Å². The van der Waals surface area contributed by atoms with Crippen LogP contribution in [0, 0.1) is 5.41 Å². The van der Waals surface area contributed by atoms with Crippen LogP contribution in [-0.2, 0) is 4.79 Å². The highest BCUT2D eigenvalue weighted by molar-refractivity contribution is 6.32. The minimum atomic E-state index is -0.357. The molecule has 3 N–H and O–H groups in total. The van der Waals surface area contributed by atoms with E-state index in [0.717, 1.165) is 19.3 Å². The van der Waals surface area contributed by atoms with Gasteiger partial charge < -0.3 is 15.8 Å². The molecule has 0 unspecified atom stereocenters. The van der Waals surface area contributed by atoms with Gasteiger partial charge in [0.05, 0.1) is 17.0 Å². The van der Waals surface area contributed by atoms with Gasteiger partial charge in [0, 0.05) is 12.2 Å². The first kappa shape index (κ1) is 14.2. The van der Waals surface area contributed by atoms with Gasteiger partial charge in [-0.3, -0.25) is 4.79 Å². The van der Waals surface area contributed by atoms with Crippen molar-refractivity contribution in [3.8, 4) is 5.75 Å². The zero-order valence-electron chi connectivity index (χ0n) is 11.0. The number of nitrogens with one attached hydrogen (secondary N) is 1. The summed E-state index contributed by atoms with van der Waals surface area (Å²) in [7, 11) is 0. The van der Waals surface area contributed by atoms with Gasteiger partial charge in [0.2, 0.25) is 5.91 Å². The topological polar surface area (TPSA) is 64.3 Å². The average Bonchev–Trinajstić information content (AvgIpc) is 3.19. The number of amides is 1. The van der Waals surface area contributed by atoms with Crippen molar-refractivity contribution in [2.45, 2.75) is 26.2 Å². The molecule has 5 heteroatoms. The third-order valence-electron chi connectivity index (χ3n) is 3.38. The lowest BCUT2D eigenvalue weighted by atomic mass is 10.1. The maximum Gasteiger partial charge on any atom is 0.231 e. The molecule has 1 aliphatic carbocycles. The monoisotopic (exact) mass is 282 g/mol. The smallest absolute Gasteiger partial charge is 0.231 e. The van der Waals surface area contributed by atoms with Crippen LogP contribution in [0.2, 0.25) is 5.02 Å². The fraction of sp³-hybridized carbons (Fsp3) is 0.500. The summed E-state index contributed by atoms with van der Waals surface area (Å²) < 4.78 is 5.48. The second-order valence-corrected chi connectivity index (χ2v) is 5.34. The van der Waals surface area contributed by atoms with Crippen molar-refractivity contribution in [1.82, 2.24) is 0 Å². The second kappa shape index (κ2) is 5.80. The van der Waals surface area contributed by atoms with Gasteiger partial charge in [-0.1, -0.05) is 18.5 Å².